The van der Waals surface area contributed by atoms with Crippen LogP contribution in [0.4, 0.5) is 10.2 Å². The minimum atomic E-state index is -0.489. The number of hydrogen-bond donors (Lipinski definition) is 2. The summed E-state index contributed by atoms with van der Waals surface area (Å²) < 4.78 is 13.8. The number of anilines is 1. The third kappa shape index (κ3) is 2.39. The van der Waals surface area contributed by atoms with Crippen LogP contribution in [0.1, 0.15) is 19.3 Å². The molecule has 0 unspecified atom stereocenters. The van der Waals surface area contributed by atoms with E-state index in [9.17, 15) is 9.50 Å². The standard InChI is InChI=1S/C10H12FIN2O/c11-8-4-7(12)5-9(13-8)14-10(6-15)2-1-3-10/h4-5,15H,1-3,6H2,(H,13,14). The second kappa shape index (κ2) is 4.21. The Hall–Kier alpha value is -0.430. The van der Waals surface area contributed by atoms with Crippen molar-refractivity contribution in [1.82, 2.24) is 4.98 Å². The normalized spacial score (nSPS) is 18.3. The first kappa shape index (κ1) is 11.1. The molecule has 0 aromatic carbocycles. The van der Waals surface area contributed by atoms with Crippen LogP contribution < -0.4 is 5.32 Å². The van der Waals surface area contributed by atoms with Crippen molar-refractivity contribution in [2.75, 3.05) is 11.9 Å². The number of aliphatic hydroxyl groups excluding tert-OH is 1. The monoisotopic (exact) mass is 322 g/mol. The number of pyridine rings is 1. The molecule has 1 aliphatic carbocycles. The van der Waals surface area contributed by atoms with E-state index in [-0.39, 0.29) is 12.1 Å². The van der Waals surface area contributed by atoms with E-state index in [0.29, 0.717) is 5.82 Å². The molecule has 15 heavy (non-hydrogen) atoms. The highest BCUT2D eigenvalue weighted by Gasteiger charge is 2.36. The van der Waals surface area contributed by atoms with E-state index in [1.165, 1.54) is 6.07 Å². The van der Waals surface area contributed by atoms with Crippen LogP contribution in [0.5, 0.6) is 0 Å². The second-order valence-corrected chi connectivity index (χ2v) is 5.16. The molecule has 0 aliphatic heterocycles. The van der Waals surface area contributed by atoms with Crippen molar-refractivity contribution in [2.45, 2.75) is 24.8 Å². The van der Waals surface area contributed by atoms with Crippen molar-refractivity contribution in [3.63, 3.8) is 0 Å². The summed E-state index contributed by atoms with van der Waals surface area (Å²) in [6.45, 7) is 0.0712. The number of nitrogens with one attached hydrogen (secondary N) is 1. The largest absolute Gasteiger partial charge is 0.394 e. The highest BCUT2D eigenvalue weighted by molar-refractivity contribution is 14.1. The lowest BCUT2D eigenvalue weighted by atomic mass is 9.77. The average molecular weight is 322 g/mol. The lowest BCUT2D eigenvalue weighted by Crippen LogP contribution is -2.48. The van der Waals surface area contributed by atoms with Crippen molar-refractivity contribution >= 4 is 28.4 Å². The summed E-state index contributed by atoms with van der Waals surface area (Å²) in [5.74, 6) is 0.0185. The zero-order valence-electron chi connectivity index (χ0n) is 8.13. The van der Waals surface area contributed by atoms with E-state index < -0.39 is 5.95 Å². The molecule has 1 aliphatic rings. The molecular weight excluding hydrogens is 310 g/mol. The Bertz CT molecular complexity index is 343. The molecule has 3 nitrogen and oxygen atoms in total. The molecule has 1 fully saturated rings. The van der Waals surface area contributed by atoms with Gasteiger partial charge >= 0.3 is 0 Å². The third-order valence-electron chi connectivity index (χ3n) is 2.77. The number of nitrogens with zero attached hydrogens (tertiary/aromatic N) is 1. The fourth-order valence-electron chi connectivity index (χ4n) is 1.73. The second-order valence-electron chi connectivity index (χ2n) is 3.91. The van der Waals surface area contributed by atoms with Gasteiger partial charge in [0.2, 0.25) is 5.95 Å². The van der Waals surface area contributed by atoms with Crippen LogP contribution >= 0.6 is 22.6 Å². The van der Waals surface area contributed by atoms with Gasteiger partial charge in [-0.2, -0.15) is 4.39 Å². The molecule has 0 radical (unpaired) electrons. The zero-order chi connectivity index (χ0) is 10.9. The van der Waals surface area contributed by atoms with Crippen LogP contribution in [-0.4, -0.2) is 22.2 Å². The molecule has 0 amide bonds. The van der Waals surface area contributed by atoms with Gasteiger partial charge in [-0.15, -0.1) is 0 Å². The van der Waals surface area contributed by atoms with E-state index in [4.69, 9.17) is 0 Å². The van der Waals surface area contributed by atoms with Gasteiger partial charge in [0.05, 0.1) is 12.1 Å². The highest BCUT2D eigenvalue weighted by atomic mass is 127. The average Bonchev–Trinajstić information content (AvgIpc) is 2.10. The van der Waals surface area contributed by atoms with E-state index in [2.05, 4.69) is 10.3 Å². The molecule has 1 heterocycles. The first-order valence-electron chi connectivity index (χ1n) is 4.86. The lowest BCUT2D eigenvalue weighted by Gasteiger charge is -2.41. The van der Waals surface area contributed by atoms with Crippen LogP contribution in [0.15, 0.2) is 12.1 Å². The predicted molar refractivity (Wildman–Crippen MR) is 64.2 cm³/mol. The molecular formula is C10H12FIN2O. The fourth-order valence-corrected chi connectivity index (χ4v) is 2.28. The van der Waals surface area contributed by atoms with E-state index in [1.807, 2.05) is 22.6 Å². The molecule has 0 saturated heterocycles. The van der Waals surface area contributed by atoms with Gasteiger partial charge in [0.25, 0.3) is 0 Å². The minimum Gasteiger partial charge on any atom is -0.394 e. The molecule has 5 heteroatoms. The molecule has 2 N–H and O–H groups in total. The highest BCUT2D eigenvalue weighted by Crippen LogP contribution is 2.34. The third-order valence-corrected chi connectivity index (χ3v) is 3.39. The number of rotatable bonds is 3. The molecule has 82 valence electrons. The number of aromatic nitrogens is 1. The van der Waals surface area contributed by atoms with Gasteiger partial charge in [-0.1, -0.05) is 0 Å². The van der Waals surface area contributed by atoms with E-state index in [1.54, 1.807) is 6.07 Å². The van der Waals surface area contributed by atoms with Crippen molar-refractivity contribution < 1.29 is 9.50 Å². The van der Waals surface area contributed by atoms with Gasteiger partial charge in [0.1, 0.15) is 5.82 Å². The van der Waals surface area contributed by atoms with Gasteiger partial charge in [0, 0.05) is 9.64 Å². The fraction of sp³-hybridized carbons (Fsp3) is 0.500. The summed E-state index contributed by atoms with van der Waals surface area (Å²) in [5, 5.41) is 12.4. The van der Waals surface area contributed by atoms with Crippen LogP contribution in [0.2, 0.25) is 0 Å². The van der Waals surface area contributed by atoms with Crippen molar-refractivity contribution in [1.29, 1.82) is 0 Å². The molecule has 1 aromatic rings. The van der Waals surface area contributed by atoms with E-state index >= 15 is 0 Å². The lowest BCUT2D eigenvalue weighted by molar-refractivity contribution is 0.143. The molecule has 0 bridgehead atoms. The number of halogens is 2. The van der Waals surface area contributed by atoms with E-state index in [0.717, 1.165) is 22.8 Å². The predicted octanol–water partition coefficient (Wildman–Crippen LogP) is 2.15. The summed E-state index contributed by atoms with van der Waals surface area (Å²) in [7, 11) is 0. The van der Waals surface area contributed by atoms with Crippen molar-refractivity contribution in [3.05, 3.63) is 21.7 Å². The number of hydrogen-bond acceptors (Lipinski definition) is 3. The quantitative estimate of drug-likeness (QED) is 0.662. The first-order valence-corrected chi connectivity index (χ1v) is 5.94. The Morgan fingerprint density at radius 1 is 1.53 bits per heavy atom. The zero-order valence-corrected chi connectivity index (χ0v) is 10.3. The molecule has 2 rings (SSSR count). The molecule has 0 spiro atoms. The van der Waals surface area contributed by atoms with Crippen LogP contribution in [0.3, 0.4) is 0 Å². The topological polar surface area (TPSA) is 45.1 Å². The van der Waals surface area contributed by atoms with Crippen molar-refractivity contribution in [3.8, 4) is 0 Å². The first-order chi connectivity index (χ1) is 7.13. The van der Waals surface area contributed by atoms with Gasteiger partial charge in [0.15, 0.2) is 0 Å². The Balaban J connectivity index is 2.16. The SMILES string of the molecule is OCC1(Nc2cc(I)cc(F)n2)CCC1. The van der Waals surface area contributed by atoms with Crippen LogP contribution in [0.25, 0.3) is 0 Å². The summed E-state index contributed by atoms with van der Waals surface area (Å²) in [6.07, 6.45) is 2.93. The van der Waals surface area contributed by atoms with Gasteiger partial charge < -0.3 is 10.4 Å². The summed E-state index contributed by atoms with van der Waals surface area (Å²) in [4.78, 5) is 3.76. The Morgan fingerprint density at radius 3 is 2.73 bits per heavy atom. The van der Waals surface area contributed by atoms with Crippen LogP contribution in [-0.2, 0) is 0 Å². The van der Waals surface area contributed by atoms with Gasteiger partial charge in [-0.05, 0) is 47.9 Å². The Labute approximate surface area is 101 Å². The van der Waals surface area contributed by atoms with Crippen LogP contribution in [0, 0.1) is 9.52 Å². The maximum absolute atomic E-state index is 13.0. The Kier molecular flexibility index (Phi) is 3.11. The summed E-state index contributed by atoms with van der Waals surface area (Å²) in [6, 6.07) is 3.15. The molecule has 1 saturated carbocycles. The Morgan fingerprint density at radius 2 is 2.27 bits per heavy atom. The molecule has 1 aromatic heterocycles. The summed E-state index contributed by atoms with van der Waals surface area (Å²) >= 11 is 2.04. The van der Waals surface area contributed by atoms with Gasteiger partial charge in [-0.25, -0.2) is 4.98 Å². The van der Waals surface area contributed by atoms with Crippen molar-refractivity contribution in [2.24, 2.45) is 0 Å². The molecule has 0 atom stereocenters. The maximum Gasteiger partial charge on any atom is 0.215 e. The maximum atomic E-state index is 13.0. The number of aliphatic hydroxyl groups is 1. The summed E-state index contributed by atoms with van der Waals surface area (Å²) in [5.41, 5.74) is -0.274. The van der Waals surface area contributed by atoms with Gasteiger partial charge in [-0.3, -0.25) is 0 Å². The smallest absolute Gasteiger partial charge is 0.215 e. The minimum absolute atomic E-state index is 0.0712.